The van der Waals surface area contributed by atoms with E-state index in [1.54, 1.807) is 17.5 Å². The summed E-state index contributed by atoms with van der Waals surface area (Å²) in [4.78, 5) is 6.76. The summed E-state index contributed by atoms with van der Waals surface area (Å²) >= 11 is 7.48. The molecule has 0 aromatic carbocycles. The average Bonchev–Trinajstić information content (AvgIpc) is 2.77. The van der Waals surface area contributed by atoms with Gasteiger partial charge in [-0.1, -0.05) is 22.9 Å². The van der Waals surface area contributed by atoms with Gasteiger partial charge in [0.25, 0.3) is 0 Å². The number of hydrogen-bond acceptors (Lipinski definition) is 3. The average molecular weight is 215 g/mol. The molecule has 2 bridgehead atoms. The Morgan fingerprint density at radius 1 is 1.54 bits per heavy atom. The lowest BCUT2D eigenvalue weighted by atomic mass is 10.1. The zero-order valence-corrected chi connectivity index (χ0v) is 8.81. The normalized spacial score (nSPS) is 31.6. The van der Waals surface area contributed by atoms with Crippen LogP contribution in [-0.4, -0.2) is 17.6 Å². The molecule has 2 aliphatic rings. The standard InChI is InChI=1S/C9H11ClN2S/c10-8-4-11-9(13-8)12-5-6-1-2-7(12)3-6/h4,6-7H,1-3,5H2. The van der Waals surface area contributed by atoms with E-state index in [0.717, 1.165) is 21.4 Å². The third-order valence-electron chi connectivity index (χ3n) is 3.12. The van der Waals surface area contributed by atoms with Gasteiger partial charge >= 0.3 is 0 Å². The van der Waals surface area contributed by atoms with Gasteiger partial charge in [0.05, 0.1) is 6.20 Å². The second kappa shape index (κ2) is 2.85. The SMILES string of the molecule is Clc1cnc(N2CC3CCC2C3)s1. The third-order valence-corrected chi connectivity index (χ3v) is 4.27. The van der Waals surface area contributed by atoms with Gasteiger partial charge in [0.1, 0.15) is 4.34 Å². The Kier molecular flexibility index (Phi) is 1.77. The van der Waals surface area contributed by atoms with Crippen LogP contribution in [0.2, 0.25) is 4.34 Å². The van der Waals surface area contributed by atoms with Crippen LogP contribution in [0.1, 0.15) is 19.3 Å². The fourth-order valence-electron chi connectivity index (χ4n) is 2.54. The number of hydrogen-bond donors (Lipinski definition) is 0. The molecule has 1 aromatic rings. The first-order valence-corrected chi connectivity index (χ1v) is 5.90. The van der Waals surface area contributed by atoms with Crippen molar-refractivity contribution >= 4 is 28.1 Å². The van der Waals surface area contributed by atoms with E-state index in [1.165, 1.54) is 25.8 Å². The molecule has 0 amide bonds. The molecule has 3 rings (SSSR count). The number of halogens is 1. The van der Waals surface area contributed by atoms with Crippen molar-refractivity contribution in [2.24, 2.45) is 5.92 Å². The number of anilines is 1. The van der Waals surface area contributed by atoms with E-state index in [2.05, 4.69) is 9.88 Å². The van der Waals surface area contributed by atoms with E-state index in [1.807, 2.05) is 0 Å². The van der Waals surface area contributed by atoms with Gasteiger partial charge in [-0.15, -0.1) is 0 Å². The molecule has 2 fully saturated rings. The molecule has 0 spiro atoms. The van der Waals surface area contributed by atoms with Crippen LogP contribution < -0.4 is 4.90 Å². The summed E-state index contributed by atoms with van der Waals surface area (Å²) in [5.41, 5.74) is 0. The van der Waals surface area contributed by atoms with Crippen molar-refractivity contribution in [3.05, 3.63) is 10.5 Å². The Bertz CT molecular complexity index is 325. The lowest BCUT2D eigenvalue weighted by molar-refractivity contribution is 0.553. The zero-order chi connectivity index (χ0) is 8.84. The fourth-order valence-corrected chi connectivity index (χ4v) is 3.52. The summed E-state index contributed by atoms with van der Waals surface area (Å²) in [6.07, 6.45) is 5.90. The van der Waals surface area contributed by atoms with Crippen LogP contribution in [0.4, 0.5) is 5.13 Å². The maximum Gasteiger partial charge on any atom is 0.186 e. The van der Waals surface area contributed by atoms with Crippen LogP contribution in [0.25, 0.3) is 0 Å². The summed E-state index contributed by atoms with van der Waals surface area (Å²) < 4.78 is 0.803. The van der Waals surface area contributed by atoms with E-state index < -0.39 is 0 Å². The molecule has 1 saturated heterocycles. The topological polar surface area (TPSA) is 16.1 Å². The maximum atomic E-state index is 5.87. The largest absolute Gasteiger partial charge is 0.345 e. The first-order valence-electron chi connectivity index (χ1n) is 4.71. The molecule has 0 N–H and O–H groups in total. The number of fused-ring (bicyclic) bond motifs is 2. The minimum absolute atomic E-state index is 0.757. The second-order valence-corrected chi connectivity index (χ2v) is 5.57. The Balaban J connectivity index is 1.87. The lowest BCUT2D eigenvalue weighted by Crippen LogP contribution is -2.31. The molecule has 1 aliphatic heterocycles. The van der Waals surface area contributed by atoms with Crippen LogP contribution in [-0.2, 0) is 0 Å². The minimum atomic E-state index is 0.757. The summed E-state index contributed by atoms with van der Waals surface area (Å²) in [5.74, 6) is 0.924. The third kappa shape index (κ3) is 1.25. The molecule has 0 radical (unpaired) electrons. The molecule has 13 heavy (non-hydrogen) atoms. The molecule has 4 heteroatoms. The van der Waals surface area contributed by atoms with Gasteiger partial charge in [-0.05, 0) is 25.2 Å². The van der Waals surface area contributed by atoms with Crippen molar-refractivity contribution in [1.29, 1.82) is 0 Å². The van der Waals surface area contributed by atoms with E-state index in [0.29, 0.717) is 0 Å². The summed E-state index contributed by atoms with van der Waals surface area (Å²) in [6.45, 7) is 1.20. The molecule has 2 heterocycles. The number of piperidine rings is 1. The molecule has 2 unspecified atom stereocenters. The molecule has 70 valence electrons. The Hall–Kier alpha value is -0.280. The summed E-state index contributed by atoms with van der Waals surface area (Å²) in [7, 11) is 0. The maximum absolute atomic E-state index is 5.87. The Morgan fingerprint density at radius 2 is 2.46 bits per heavy atom. The molecule has 1 aliphatic carbocycles. The minimum Gasteiger partial charge on any atom is -0.345 e. The fraction of sp³-hybridized carbons (Fsp3) is 0.667. The van der Waals surface area contributed by atoms with Crippen LogP contribution in [0.5, 0.6) is 0 Å². The first-order chi connectivity index (χ1) is 6.33. The molecule has 1 saturated carbocycles. The molecule has 2 atom stereocenters. The van der Waals surface area contributed by atoms with Gasteiger partial charge in [0.15, 0.2) is 5.13 Å². The highest BCUT2D eigenvalue weighted by molar-refractivity contribution is 7.19. The quantitative estimate of drug-likeness (QED) is 0.715. The van der Waals surface area contributed by atoms with Crippen molar-refractivity contribution in [2.45, 2.75) is 25.3 Å². The van der Waals surface area contributed by atoms with Crippen molar-refractivity contribution in [3.63, 3.8) is 0 Å². The molecular formula is C9H11ClN2S. The lowest BCUT2D eigenvalue weighted by Gasteiger charge is -2.26. The Morgan fingerprint density at radius 3 is 3.00 bits per heavy atom. The predicted molar refractivity (Wildman–Crippen MR) is 55.6 cm³/mol. The zero-order valence-electron chi connectivity index (χ0n) is 7.24. The molecule has 2 nitrogen and oxygen atoms in total. The van der Waals surface area contributed by atoms with Crippen LogP contribution >= 0.6 is 22.9 Å². The van der Waals surface area contributed by atoms with Crippen molar-refractivity contribution in [2.75, 3.05) is 11.4 Å². The highest BCUT2D eigenvalue weighted by Crippen LogP contribution is 2.41. The number of thiazole rings is 1. The highest BCUT2D eigenvalue weighted by Gasteiger charge is 2.38. The van der Waals surface area contributed by atoms with E-state index in [-0.39, 0.29) is 0 Å². The smallest absolute Gasteiger partial charge is 0.186 e. The van der Waals surface area contributed by atoms with Crippen molar-refractivity contribution in [3.8, 4) is 0 Å². The van der Waals surface area contributed by atoms with Gasteiger partial charge in [-0.2, -0.15) is 0 Å². The van der Waals surface area contributed by atoms with E-state index in [9.17, 15) is 0 Å². The van der Waals surface area contributed by atoms with Gasteiger partial charge in [-0.25, -0.2) is 4.98 Å². The van der Waals surface area contributed by atoms with Crippen molar-refractivity contribution in [1.82, 2.24) is 4.98 Å². The van der Waals surface area contributed by atoms with Crippen molar-refractivity contribution < 1.29 is 0 Å². The number of rotatable bonds is 1. The highest BCUT2D eigenvalue weighted by atomic mass is 35.5. The summed E-state index contributed by atoms with van der Waals surface area (Å²) in [5, 5.41) is 1.12. The van der Waals surface area contributed by atoms with Gasteiger partial charge < -0.3 is 4.90 Å². The van der Waals surface area contributed by atoms with Crippen LogP contribution in [0.3, 0.4) is 0 Å². The second-order valence-electron chi connectivity index (χ2n) is 3.93. The summed E-state index contributed by atoms with van der Waals surface area (Å²) in [6, 6.07) is 0.757. The van der Waals surface area contributed by atoms with E-state index in [4.69, 9.17) is 11.6 Å². The molecule has 1 aromatic heterocycles. The molecular weight excluding hydrogens is 204 g/mol. The predicted octanol–water partition coefficient (Wildman–Crippen LogP) is 2.79. The monoisotopic (exact) mass is 214 g/mol. The van der Waals surface area contributed by atoms with Gasteiger partial charge in [0, 0.05) is 12.6 Å². The number of nitrogens with zero attached hydrogens (tertiary/aromatic N) is 2. The van der Waals surface area contributed by atoms with Crippen LogP contribution in [0, 0.1) is 5.92 Å². The van der Waals surface area contributed by atoms with Gasteiger partial charge in [0.2, 0.25) is 0 Å². The van der Waals surface area contributed by atoms with E-state index >= 15 is 0 Å². The first kappa shape index (κ1) is 8.06. The Labute approximate surface area is 86.5 Å². The van der Waals surface area contributed by atoms with Gasteiger partial charge in [-0.3, -0.25) is 0 Å². The number of aromatic nitrogens is 1. The van der Waals surface area contributed by atoms with Crippen LogP contribution in [0.15, 0.2) is 6.20 Å².